The molecule has 3 rings (SSSR count). The monoisotopic (exact) mass is 280 g/mol. The lowest BCUT2D eigenvalue weighted by atomic mass is 9.91. The fraction of sp³-hybridized carbons (Fsp3) is 0.294. The molecule has 0 unspecified atom stereocenters. The predicted octanol–water partition coefficient (Wildman–Crippen LogP) is 5.05. The number of benzene rings is 1. The summed E-state index contributed by atoms with van der Waals surface area (Å²) in [5.41, 5.74) is 4.19. The van der Waals surface area contributed by atoms with Gasteiger partial charge in [-0.05, 0) is 31.3 Å². The van der Waals surface area contributed by atoms with Crippen molar-refractivity contribution in [2.45, 2.75) is 32.1 Å². The highest BCUT2D eigenvalue weighted by Gasteiger charge is 2.16. The van der Waals surface area contributed by atoms with Gasteiger partial charge < -0.3 is 0 Å². The third-order valence-corrected chi connectivity index (χ3v) is 4.57. The summed E-state index contributed by atoms with van der Waals surface area (Å²) in [6.07, 6.45) is 5.82. The molecule has 0 bridgehead atoms. The third-order valence-electron chi connectivity index (χ3n) is 3.71. The summed E-state index contributed by atoms with van der Waals surface area (Å²) in [6.45, 7) is 0. The van der Waals surface area contributed by atoms with E-state index in [4.69, 9.17) is 0 Å². The summed E-state index contributed by atoms with van der Waals surface area (Å²) in [6, 6.07) is 12.5. The van der Waals surface area contributed by atoms with Crippen molar-refractivity contribution in [1.82, 2.24) is 4.98 Å². The van der Waals surface area contributed by atoms with E-state index in [-0.39, 0.29) is 0 Å². The summed E-state index contributed by atoms with van der Waals surface area (Å²) >= 11 is 1.58. The van der Waals surface area contributed by atoms with Gasteiger partial charge >= 0.3 is 0 Å². The molecule has 20 heavy (non-hydrogen) atoms. The van der Waals surface area contributed by atoms with Gasteiger partial charge in [0.05, 0.1) is 11.3 Å². The van der Waals surface area contributed by atoms with Gasteiger partial charge in [0, 0.05) is 10.9 Å². The molecule has 2 aromatic rings. The van der Waals surface area contributed by atoms with E-state index in [1.807, 2.05) is 23.6 Å². The first kappa shape index (κ1) is 13.1. The lowest BCUT2D eigenvalue weighted by Crippen LogP contribution is -1.97. The molecule has 1 saturated carbocycles. The molecule has 3 heteroatoms. The number of thiazole rings is 1. The summed E-state index contributed by atoms with van der Waals surface area (Å²) in [7, 11) is 0. The van der Waals surface area contributed by atoms with Crippen LogP contribution in [0, 0.1) is 11.3 Å². The molecule has 1 aliphatic carbocycles. The summed E-state index contributed by atoms with van der Waals surface area (Å²) in [5, 5.41) is 12.4. The quantitative estimate of drug-likeness (QED) is 0.722. The number of aromatic nitrogens is 1. The largest absolute Gasteiger partial charge is 0.235 e. The zero-order valence-corrected chi connectivity index (χ0v) is 12.1. The minimum atomic E-state index is 0.817. The summed E-state index contributed by atoms with van der Waals surface area (Å²) < 4.78 is 0. The predicted molar refractivity (Wildman–Crippen MR) is 83.2 cm³/mol. The van der Waals surface area contributed by atoms with Crippen LogP contribution in [0.4, 0.5) is 0 Å². The van der Waals surface area contributed by atoms with E-state index in [0.29, 0.717) is 0 Å². The topological polar surface area (TPSA) is 36.7 Å². The van der Waals surface area contributed by atoms with Crippen LogP contribution in [0.3, 0.4) is 0 Å². The molecule has 0 spiro atoms. The highest BCUT2D eigenvalue weighted by molar-refractivity contribution is 7.11. The van der Waals surface area contributed by atoms with Crippen molar-refractivity contribution in [3.63, 3.8) is 0 Å². The Morgan fingerprint density at radius 3 is 2.55 bits per heavy atom. The Labute approximate surface area is 123 Å². The first-order chi connectivity index (χ1) is 9.88. The molecule has 1 fully saturated rings. The Morgan fingerprint density at radius 2 is 1.85 bits per heavy atom. The molecule has 0 aliphatic heterocycles. The molecule has 0 saturated heterocycles. The smallest absolute Gasteiger partial charge is 0.134 e. The number of hydrogen-bond acceptors (Lipinski definition) is 3. The van der Waals surface area contributed by atoms with Gasteiger partial charge in [-0.25, -0.2) is 4.98 Å². The summed E-state index contributed by atoms with van der Waals surface area (Å²) in [4.78, 5) is 4.67. The molecule has 2 nitrogen and oxygen atoms in total. The van der Waals surface area contributed by atoms with Crippen LogP contribution >= 0.6 is 11.3 Å². The van der Waals surface area contributed by atoms with Crippen LogP contribution in [0.2, 0.25) is 0 Å². The van der Waals surface area contributed by atoms with E-state index in [0.717, 1.165) is 34.7 Å². The summed E-state index contributed by atoms with van der Waals surface area (Å²) in [5.74, 6) is 0. The molecule has 0 N–H and O–H groups in total. The van der Waals surface area contributed by atoms with Crippen LogP contribution in [-0.2, 0) is 0 Å². The van der Waals surface area contributed by atoms with Crippen LogP contribution in [0.5, 0.6) is 0 Å². The van der Waals surface area contributed by atoms with Gasteiger partial charge in [-0.1, -0.05) is 36.8 Å². The van der Waals surface area contributed by atoms with Gasteiger partial charge in [0.15, 0.2) is 0 Å². The van der Waals surface area contributed by atoms with Crippen molar-refractivity contribution in [2.75, 3.05) is 0 Å². The molecule has 1 aromatic carbocycles. The van der Waals surface area contributed by atoms with E-state index in [9.17, 15) is 5.26 Å². The Bertz CT molecular complexity index is 654. The van der Waals surface area contributed by atoms with Gasteiger partial charge in [-0.15, -0.1) is 11.3 Å². The highest BCUT2D eigenvalue weighted by atomic mass is 32.1. The van der Waals surface area contributed by atoms with Crippen LogP contribution in [0.15, 0.2) is 41.3 Å². The zero-order valence-electron chi connectivity index (χ0n) is 11.3. The first-order valence-electron chi connectivity index (χ1n) is 7.02. The average Bonchev–Trinajstić information content (AvgIpc) is 3.00. The maximum Gasteiger partial charge on any atom is 0.134 e. The standard InChI is InChI=1S/C17H16N2S/c18-11-15(13-7-3-1-4-8-13)17-19-16(12-20-17)14-9-5-2-6-10-14/h2,5-6,9-10,12H,1,3-4,7-8H2. The average molecular weight is 280 g/mol. The van der Waals surface area contributed by atoms with Crippen LogP contribution in [0.1, 0.15) is 37.1 Å². The molecule has 1 aromatic heterocycles. The minimum absolute atomic E-state index is 0.817. The number of allylic oxidation sites excluding steroid dienone is 2. The molecule has 0 radical (unpaired) electrons. The Morgan fingerprint density at radius 1 is 1.10 bits per heavy atom. The van der Waals surface area contributed by atoms with Crippen LogP contribution < -0.4 is 0 Å². The molecular formula is C17H16N2S. The highest BCUT2D eigenvalue weighted by Crippen LogP contribution is 2.33. The zero-order chi connectivity index (χ0) is 13.8. The maximum atomic E-state index is 9.47. The number of rotatable bonds is 2. The second kappa shape index (κ2) is 6.02. The van der Waals surface area contributed by atoms with Crippen molar-refractivity contribution in [2.24, 2.45) is 0 Å². The maximum absolute atomic E-state index is 9.47. The van der Waals surface area contributed by atoms with Crippen LogP contribution in [0.25, 0.3) is 16.8 Å². The number of hydrogen-bond donors (Lipinski definition) is 0. The van der Waals surface area contributed by atoms with Crippen molar-refractivity contribution in [1.29, 1.82) is 5.26 Å². The van der Waals surface area contributed by atoms with E-state index in [1.54, 1.807) is 11.3 Å². The molecule has 100 valence electrons. The van der Waals surface area contributed by atoms with Gasteiger partial charge in [-0.2, -0.15) is 5.26 Å². The van der Waals surface area contributed by atoms with Gasteiger partial charge in [0.1, 0.15) is 11.1 Å². The van der Waals surface area contributed by atoms with Gasteiger partial charge in [0.2, 0.25) is 0 Å². The molecule has 0 amide bonds. The Hall–Kier alpha value is -1.92. The van der Waals surface area contributed by atoms with Crippen molar-refractivity contribution in [3.8, 4) is 17.3 Å². The van der Waals surface area contributed by atoms with E-state index < -0.39 is 0 Å². The number of nitriles is 1. The second-order valence-electron chi connectivity index (χ2n) is 5.05. The molecular weight excluding hydrogens is 264 g/mol. The van der Waals surface area contributed by atoms with Gasteiger partial charge in [-0.3, -0.25) is 0 Å². The lowest BCUT2D eigenvalue weighted by molar-refractivity contribution is 0.601. The van der Waals surface area contributed by atoms with E-state index in [1.165, 1.54) is 24.8 Å². The molecule has 1 aliphatic rings. The van der Waals surface area contributed by atoms with E-state index in [2.05, 4.69) is 23.2 Å². The molecule has 1 heterocycles. The fourth-order valence-electron chi connectivity index (χ4n) is 2.64. The third kappa shape index (κ3) is 2.66. The lowest BCUT2D eigenvalue weighted by Gasteiger charge is -2.14. The second-order valence-corrected chi connectivity index (χ2v) is 5.91. The van der Waals surface area contributed by atoms with Crippen LogP contribution in [-0.4, -0.2) is 4.98 Å². The minimum Gasteiger partial charge on any atom is -0.235 e. The van der Waals surface area contributed by atoms with Crippen molar-refractivity contribution < 1.29 is 0 Å². The normalized spacial score (nSPS) is 14.8. The number of nitrogens with zero attached hydrogens (tertiary/aromatic N) is 2. The Balaban J connectivity index is 1.95. The fourth-order valence-corrected chi connectivity index (χ4v) is 3.51. The SMILES string of the molecule is N#CC(=C1CCCCC1)c1nc(-c2ccccc2)cs1. The Kier molecular flexibility index (Phi) is 3.94. The van der Waals surface area contributed by atoms with Crippen molar-refractivity contribution >= 4 is 16.9 Å². The molecule has 0 atom stereocenters. The van der Waals surface area contributed by atoms with E-state index >= 15 is 0 Å². The first-order valence-corrected chi connectivity index (χ1v) is 7.90. The van der Waals surface area contributed by atoms with Crippen molar-refractivity contribution in [3.05, 3.63) is 46.3 Å². The van der Waals surface area contributed by atoms with Gasteiger partial charge in [0.25, 0.3) is 0 Å².